The second-order valence-corrected chi connectivity index (χ2v) is 6.60. The molecule has 2 heterocycles. The van der Waals surface area contributed by atoms with Crippen molar-refractivity contribution in [1.29, 1.82) is 0 Å². The van der Waals surface area contributed by atoms with Crippen LogP contribution in [0.2, 0.25) is 0 Å². The summed E-state index contributed by atoms with van der Waals surface area (Å²) in [5.41, 5.74) is 0.202. The molecule has 0 saturated carbocycles. The third-order valence-electron chi connectivity index (χ3n) is 3.34. The normalized spacial score (nSPS) is 13.9. The van der Waals surface area contributed by atoms with E-state index in [1.54, 1.807) is 18.3 Å². The van der Waals surface area contributed by atoms with Crippen molar-refractivity contribution in [3.8, 4) is 0 Å². The van der Waals surface area contributed by atoms with Gasteiger partial charge in [-0.25, -0.2) is 4.99 Å². The van der Waals surface area contributed by atoms with Gasteiger partial charge >= 0.3 is 0 Å². The Morgan fingerprint density at radius 1 is 1.46 bits per heavy atom. The Balaban J connectivity index is 0.00000288. The van der Waals surface area contributed by atoms with Crippen molar-refractivity contribution in [1.82, 2.24) is 20.4 Å². The zero-order valence-electron chi connectivity index (χ0n) is 14.3. The van der Waals surface area contributed by atoms with Crippen molar-refractivity contribution < 1.29 is 5.11 Å². The molecule has 0 fully saturated rings. The van der Waals surface area contributed by atoms with Gasteiger partial charge in [-0.1, -0.05) is 6.07 Å². The van der Waals surface area contributed by atoms with Gasteiger partial charge in [-0.2, -0.15) is 5.10 Å². The van der Waals surface area contributed by atoms with E-state index in [4.69, 9.17) is 0 Å². The minimum Gasteiger partial charge on any atom is -0.383 e. The lowest BCUT2D eigenvalue weighted by Gasteiger charge is -2.20. The van der Waals surface area contributed by atoms with E-state index in [2.05, 4.69) is 20.7 Å². The molecule has 2 rings (SSSR count). The molecule has 1 atom stereocenters. The van der Waals surface area contributed by atoms with Crippen LogP contribution in [0.15, 0.2) is 34.9 Å². The number of rotatable bonds is 7. The lowest BCUT2D eigenvalue weighted by atomic mass is 10.1. The summed E-state index contributed by atoms with van der Waals surface area (Å²) in [6.45, 7) is 8.39. The fourth-order valence-electron chi connectivity index (χ4n) is 2.12. The summed E-state index contributed by atoms with van der Waals surface area (Å²) in [6, 6.07) is 3.87. The van der Waals surface area contributed by atoms with Crippen LogP contribution in [0.4, 0.5) is 0 Å². The van der Waals surface area contributed by atoms with Gasteiger partial charge in [-0.15, -0.1) is 35.3 Å². The first kappa shape index (κ1) is 20.9. The molecule has 3 N–H and O–H groups in total. The fraction of sp³-hybridized carbons (Fsp3) is 0.500. The molecule has 134 valence electrons. The minimum atomic E-state index is -0.949. The standard InChI is InChI=1S/C16H25N5OS.HI/c1-4-17-15(18-7-8-21-11-13(2)10-20-21)19-12-16(3,22)14-6-5-9-23-14;/h5-6,9-11,22H,4,7-8,12H2,1-3H3,(H2,17,18,19);1H. The average molecular weight is 463 g/mol. The molecule has 0 bridgehead atoms. The highest BCUT2D eigenvalue weighted by atomic mass is 127. The van der Waals surface area contributed by atoms with Crippen LogP contribution in [-0.2, 0) is 12.1 Å². The maximum Gasteiger partial charge on any atom is 0.191 e. The molecule has 0 aliphatic heterocycles. The predicted octanol–water partition coefficient (Wildman–Crippen LogP) is 2.33. The first-order chi connectivity index (χ1) is 11.0. The van der Waals surface area contributed by atoms with Gasteiger partial charge in [0.1, 0.15) is 5.60 Å². The largest absolute Gasteiger partial charge is 0.383 e. The SMILES string of the molecule is CCNC(=NCC(C)(O)c1cccs1)NCCn1cc(C)cn1.I. The number of aromatic nitrogens is 2. The van der Waals surface area contributed by atoms with Crippen LogP contribution in [0.25, 0.3) is 0 Å². The van der Waals surface area contributed by atoms with Gasteiger partial charge in [-0.05, 0) is 37.8 Å². The number of aliphatic imine (C=N–C) groups is 1. The Hall–Kier alpha value is -1.13. The number of hydrogen-bond donors (Lipinski definition) is 3. The second kappa shape index (κ2) is 10.00. The monoisotopic (exact) mass is 463 g/mol. The van der Waals surface area contributed by atoms with Crippen molar-refractivity contribution in [2.45, 2.75) is 32.9 Å². The Morgan fingerprint density at radius 2 is 2.25 bits per heavy atom. The molecular formula is C16H26IN5OS. The number of aryl methyl sites for hydroxylation is 1. The third-order valence-corrected chi connectivity index (χ3v) is 4.46. The predicted molar refractivity (Wildman–Crippen MR) is 110 cm³/mol. The molecule has 0 spiro atoms. The molecule has 0 aliphatic carbocycles. The number of aliphatic hydroxyl groups is 1. The molecule has 8 heteroatoms. The highest BCUT2D eigenvalue weighted by Gasteiger charge is 2.23. The van der Waals surface area contributed by atoms with Crippen LogP contribution >= 0.6 is 35.3 Å². The molecule has 1 unspecified atom stereocenters. The second-order valence-electron chi connectivity index (χ2n) is 5.65. The molecule has 0 radical (unpaired) electrons. The van der Waals surface area contributed by atoms with Crippen LogP contribution < -0.4 is 10.6 Å². The smallest absolute Gasteiger partial charge is 0.191 e. The van der Waals surface area contributed by atoms with E-state index < -0.39 is 5.60 Å². The zero-order chi connectivity index (χ0) is 16.7. The van der Waals surface area contributed by atoms with Crippen LogP contribution in [0.3, 0.4) is 0 Å². The van der Waals surface area contributed by atoms with Gasteiger partial charge in [0.2, 0.25) is 0 Å². The van der Waals surface area contributed by atoms with Gasteiger partial charge in [0.25, 0.3) is 0 Å². The van der Waals surface area contributed by atoms with Crippen molar-refractivity contribution in [2.24, 2.45) is 4.99 Å². The molecule has 0 aliphatic rings. The summed E-state index contributed by atoms with van der Waals surface area (Å²) in [6.07, 6.45) is 3.85. The van der Waals surface area contributed by atoms with Crippen LogP contribution in [0.5, 0.6) is 0 Å². The number of nitrogens with one attached hydrogen (secondary N) is 2. The van der Waals surface area contributed by atoms with Gasteiger partial charge in [-0.3, -0.25) is 4.68 Å². The first-order valence-corrected chi connectivity index (χ1v) is 8.67. The van der Waals surface area contributed by atoms with E-state index in [0.29, 0.717) is 19.0 Å². The van der Waals surface area contributed by atoms with Gasteiger partial charge in [0, 0.05) is 24.2 Å². The molecule has 2 aromatic heterocycles. The van der Waals surface area contributed by atoms with Crippen molar-refractivity contribution in [3.05, 3.63) is 40.3 Å². The Morgan fingerprint density at radius 3 is 2.83 bits per heavy atom. The van der Waals surface area contributed by atoms with Crippen molar-refractivity contribution >= 4 is 41.3 Å². The van der Waals surface area contributed by atoms with Gasteiger partial charge < -0.3 is 15.7 Å². The number of thiophene rings is 1. The average Bonchev–Trinajstić information content (AvgIpc) is 3.17. The van der Waals surface area contributed by atoms with Crippen LogP contribution in [0.1, 0.15) is 24.3 Å². The summed E-state index contributed by atoms with van der Waals surface area (Å²) in [7, 11) is 0. The molecule has 0 amide bonds. The van der Waals surface area contributed by atoms with Crippen molar-refractivity contribution in [3.63, 3.8) is 0 Å². The first-order valence-electron chi connectivity index (χ1n) is 7.79. The minimum absolute atomic E-state index is 0. The van der Waals surface area contributed by atoms with Crippen LogP contribution in [0, 0.1) is 6.92 Å². The highest BCUT2D eigenvalue weighted by molar-refractivity contribution is 14.0. The van der Waals surface area contributed by atoms with E-state index in [9.17, 15) is 5.11 Å². The Labute approximate surface area is 164 Å². The van der Waals surface area contributed by atoms with Gasteiger partial charge in [0.15, 0.2) is 5.96 Å². The molecule has 0 saturated heterocycles. The zero-order valence-corrected chi connectivity index (χ0v) is 17.5. The number of halogens is 1. The maximum absolute atomic E-state index is 10.5. The molecule has 6 nitrogen and oxygen atoms in total. The van der Waals surface area contributed by atoms with E-state index in [1.807, 2.05) is 48.4 Å². The van der Waals surface area contributed by atoms with Crippen LogP contribution in [-0.4, -0.2) is 40.5 Å². The highest BCUT2D eigenvalue weighted by Crippen LogP contribution is 2.25. The van der Waals surface area contributed by atoms with E-state index in [0.717, 1.165) is 23.5 Å². The third kappa shape index (κ3) is 6.40. The van der Waals surface area contributed by atoms with Crippen molar-refractivity contribution in [2.75, 3.05) is 19.6 Å². The van der Waals surface area contributed by atoms with E-state index >= 15 is 0 Å². The topological polar surface area (TPSA) is 74.5 Å². The quantitative estimate of drug-likeness (QED) is 0.335. The van der Waals surface area contributed by atoms with E-state index in [-0.39, 0.29) is 24.0 Å². The number of nitrogens with zero attached hydrogens (tertiary/aromatic N) is 3. The Kier molecular flexibility index (Phi) is 8.71. The Bertz CT molecular complexity index is 624. The summed E-state index contributed by atoms with van der Waals surface area (Å²) >= 11 is 1.54. The summed E-state index contributed by atoms with van der Waals surface area (Å²) in [5, 5.41) is 23.2. The molecular weight excluding hydrogens is 437 g/mol. The lowest BCUT2D eigenvalue weighted by Crippen LogP contribution is -2.40. The lowest BCUT2D eigenvalue weighted by molar-refractivity contribution is 0.0711. The number of hydrogen-bond acceptors (Lipinski definition) is 4. The van der Waals surface area contributed by atoms with E-state index in [1.165, 1.54) is 0 Å². The molecule has 24 heavy (non-hydrogen) atoms. The maximum atomic E-state index is 10.5. The summed E-state index contributed by atoms with van der Waals surface area (Å²) in [5.74, 6) is 0.702. The molecule has 2 aromatic rings. The van der Waals surface area contributed by atoms with Gasteiger partial charge in [0.05, 0.1) is 19.3 Å². The molecule has 0 aromatic carbocycles. The summed E-state index contributed by atoms with van der Waals surface area (Å²) < 4.78 is 1.90. The fourth-order valence-corrected chi connectivity index (χ4v) is 2.90. The number of guanidine groups is 1. The summed E-state index contributed by atoms with van der Waals surface area (Å²) in [4.78, 5) is 5.42.